The minimum atomic E-state index is -2.74. The lowest BCUT2D eigenvalue weighted by molar-refractivity contribution is -0.109. The Bertz CT molecular complexity index is 966. The molecule has 28 heavy (non-hydrogen) atoms. The first-order valence-corrected chi connectivity index (χ1v) is 9.51. The first-order valence-electron chi connectivity index (χ1n) is 9.51. The quantitative estimate of drug-likeness (QED) is 0.567. The number of fused-ring (bicyclic) bond motifs is 1. The van der Waals surface area contributed by atoms with E-state index >= 15 is 0 Å². The van der Waals surface area contributed by atoms with E-state index in [-0.39, 0.29) is 37.6 Å². The minimum absolute atomic E-state index is 0.217. The van der Waals surface area contributed by atoms with Crippen molar-refractivity contribution >= 4 is 10.9 Å². The standard InChI is InChI=1S/C22H22F4N2/c23-18-4-1-3-15(11-18)7-8-17-14-28(10-9-22(17,25)26)13-16-12-27-20-6-2-5-19(24)21(16)20/h1-6,11-12,17,27H,7-10,13-14H2. The predicted octanol–water partition coefficient (Wildman–Crippen LogP) is 5.54. The summed E-state index contributed by atoms with van der Waals surface area (Å²) in [5.74, 6) is -4.20. The Morgan fingerprint density at radius 1 is 1.11 bits per heavy atom. The number of aryl methyl sites for hydroxylation is 1. The number of H-pyrrole nitrogens is 1. The van der Waals surface area contributed by atoms with Gasteiger partial charge in [0, 0.05) is 49.1 Å². The topological polar surface area (TPSA) is 19.0 Å². The molecule has 0 spiro atoms. The lowest BCUT2D eigenvalue weighted by atomic mass is 9.88. The molecule has 2 heterocycles. The van der Waals surface area contributed by atoms with Crippen LogP contribution < -0.4 is 0 Å². The summed E-state index contributed by atoms with van der Waals surface area (Å²) in [6.07, 6.45) is 2.23. The molecule has 148 valence electrons. The molecule has 3 aromatic rings. The van der Waals surface area contributed by atoms with E-state index in [1.54, 1.807) is 30.5 Å². The van der Waals surface area contributed by atoms with Gasteiger partial charge in [-0.25, -0.2) is 17.6 Å². The van der Waals surface area contributed by atoms with Crippen LogP contribution in [0.4, 0.5) is 17.6 Å². The fourth-order valence-electron chi connectivity index (χ4n) is 4.10. The van der Waals surface area contributed by atoms with Crippen molar-refractivity contribution in [2.75, 3.05) is 13.1 Å². The molecule has 2 aromatic carbocycles. The number of aromatic nitrogens is 1. The van der Waals surface area contributed by atoms with E-state index in [2.05, 4.69) is 4.98 Å². The van der Waals surface area contributed by atoms with E-state index < -0.39 is 11.8 Å². The van der Waals surface area contributed by atoms with Crippen LogP contribution in [0.5, 0.6) is 0 Å². The molecule has 1 saturated heterocycles. The van der Waals surface area contributed by atoms with E-state index in [0.717, 1.165) is 11.1 Å². The normalized spacial score (nSPS) is 19.9. The first kappa shape index (κ1) is 19.0. The second-order valence-electron chi connectivity index (χ2n) is 7.59. The molecule has 1 aromatic heterocycles. The van der Waals surface area contributed by atoms with E-state index in [1.807, 2.05) is 4.90 Å². The number of benzene rings is 2. The van der Waals surface area contributed by atoms with Gasteiger partial charge >= 0.3 is 0 Å². The number of halogens is 4. The molecular weight excluding hydrogens is 368 g/mol. The number of hydrogen-bond donors (Lipinski definition) is 1. The zero-order valence-electron chi connectivity index (χ0n) is 15.4. The van der Waals surface area contributed by atoms with E-state index in [1.165, 1.54) is 18.2 Å². The van der Waals surface area contributed by atoms with Crippen molar-refractivity contribution in [3.05, 3.63) is 71.4 Å². The predicted molar refractivity (Wildman–Crippen MR) is 101 cm³/mol. The maximum Gasteiger partial charge on any atom is 0.253 e. The molecule has 2 nitrogen and oxygen atoms in total. The summed E-state index contributed by atoms with van der Waals surface area (Å²) in [6.45, 7) is 0.932. The molecular formula is C22H22F4N2. The van der Waals surface area contributed by atoms with Crippen molar-refractivity contribution < 1.29 is 17.6 Å². The van der Waals surface area contributed by atoms with Crippen LogP contribution in [0.15, 0.2) is 48.7 Å². The lowest BCUT2D eigenvalue weighted by Crippen LogP contribution is -2.46. The highest BCUT2D eigenvalue weighted by Gasteiger charge is 2.43. The first-order chi connectivity index (χ1) is 13.4. The second kappa shape index (κ2) is 7.59. The molecule has 1 N–H and O–H groups in total. The van der Waals surface area contributed by atoms with Crippen LogP contribution in [-0.4, -0.2) is 28.9 Å². The van der Waals surface area contributed by atoms with Crippen molar-refractivity contribution in [1.29, 1.82) is 0 Å². The fourth-order valence-corrected chi connectivity index (χ4v) is 4.10. The Kier molecular flexibility index (Phi) is 5.15. The summed E-state index contributed by atoms with van der Waals surface area (Å²) in [5.41, 5.74) is 2.22. The van der Waals surface area contributed by atoms with Gasteiger partial charge in [-0.2, -0.15) is 0 Å². The molecule has 1 aliphatic rings. The molecule has 0 radical (unpaired) electrons. The number of rotatable bonds is 5. The third kappa shape index (κ3) is 3.92. The average Bonchev–Trinajstić information content (AvgIpc) is 3.06. The zero-order chi connectivity index (χ0) is 19.7. The van der Waals surface area contributed by atoms with Crippen LogP contribution in [0.25, 0.3) is 10.9 Å². The molecule has 0 aliphatic carbocycles. The van der Waals surface area contributed by atoms with Gasteiger partial charge in [-0.3, -0.25) is 4.90 Å². The van der Waals surface area contributed by atoms with Crippen LogP contribution in [0.1, 0.15) is 24.0 Å². The fraction of sp³-hybridized carbons (Fsp3) is 0.364. The number of likely N-dealkylation sites (tertiary alicyclic amines) is 1. The summed E-state index contributed by atoms with van der Waals surface area (Å²) < 4.78 is 56.4. The maximum atomic E-state index is 14.5. The molecule has 0 bridgehead atoms. The van der Waals surface area contributed by atoms with Crippen molar-refractivity contribution in [1.82, 2.24) is 9.88 Å². The molecule has 0 saturated carbocycles. The highest BCUT2D eigenvalue weighted by Crippen LogP contribution is 2.37. The van der Waals surface area contributed by atoms with Gasteiger partial charge < -0.3 is 4.98 Å². The monoisotopic (exact) mass is 390 g/mol. The number of alkyl halides is 2. The summed E-state index contributed by atoms with van der Waals surface area (Å²) in [6, 6.07) is 11.0. The Balaban J connectivity index is 1.46. The van der Waals surface area contributed by atoms with Gasteiger partial charge in [0.2, 0.25) is 0 Å². The van der Waals surface area contributed by atoms with Gasteiger partial charge in [-0.05, 0) is 48.2 Å². The minimum Gasteiger partial charge on any atom is -0.361 e. The molecule has 6 heteroatoms. The summed E-state index contributed by atoms with van der Waals surface area (Å²) >= 11 is 0. The zero-order valence-corrected chi connectivity index (χ0v) is 15.4. The van der Waals surface area contributed by atoms with Gasteiger partial charge in [-0.15, -0.1) is 0 Å². The number of nitrogens with zero attached hydrogens (tertiary/aromatic N) is 1. The van der Waals surface area contributed by atoms with E-state index in [0.29, 0.717) is 23.9 Å². The Morgan fingerprint density at radius 2 is 1.93 bits per heavy atom. The molecule has 1 aliphatic heterocycles. The smallest absolute Gasteiger partial charge is 0.253 e. The van der Waals surface area contributed by atoms with Crippen molar-refractivity contribution in [2.45, 2.75) is 31.7 Å². The number of piperidine rings is 1. The summed E-state index contributed by atoms with van der Waals surface area (Å²) in [5, 5.41) is 0.524. The van der Waals surface area contributed by atoms with Gasteiger partial charge in [0.05, 0.1) is 0 Å². The Morgan fingerprint density at radius 3 is 2.75 bits per heavy atom. The van der Waals surface area contributed by atoms with Crippen LogP contribution in [0.2, 0.25) is 0 Å². The summed E-state index contributed by atoms with van der Waals surface area (Å²) in [4.78, 5) is 5.01. The maximum absolute atomic E-state index is 14.5. The highest BCUT2D eigenvalue weighted by molar-refractivity contribution is 5.83. The molecule has 1 atom stereocenters. The van der Waals surface area contributed by atoms with Gasteiger partial charge in [0.1, 0.15) is 11.6 Å². The molecule has 1 fully saturated rings. The molecule has 4 rings (SSSR count). The SMILES string of the molecule is Fc1cccc(CCC2CN(Cc3c[nH]c4cccc(F)c34)CCC2(F)F)c1. The second-order valence-corrected chi connectivity index (χ2v) is 7.59. The van der Waals surface area contributed by atoms with Crippen molar-refractivity contribution in [3.63, 3.8) is 0 Å². The Labute approximate surface area is 161 Å². The van der Waals surface area contributed by atoms with Crippen LogP contribution in [-0.2, 0) is 13.0 Å². The summed E-state index contributed by atoms with van der Waals surface area (Å²) in [7, 11) is 0. The molecule has 0 amide bonds. The third-order valence-electron chi connectivity index (χ3n) is 5.64. The largest absolute Gasteiger partial charge is 0.361 e. The lowest BCUT2D eigenvalue weighted by Gasteiger charge is -2.38. The van der Waals surface area contributed by atoms with E-state index in [4.69, 9.17) is 0 Å². The average molecular weight is 390 g/mol. The van der Waals surface area contributed by atoms with Crippen LogP contribution in [0, 0.1) is 17.6 Å². The highest BCUT2D eigenvalue weighted by atomic mass is 19.3. The number of hydrogen-bond acceptors (Lipinski definition) is 1. The van der Waals surface area contributed by atoms with Gasteiger partial charge in [0.15, 0.2) is 0 Å². The molecule has 1 unspecified atom stereocenters. The number of nitrogens with one attached hydrogen (secondary N) is 1. The van der Waals surface area contributed by atoms with E-state index in [9.17, 15) is 17.6 Å². The van der Waals surface area contributed by atoms with Gasteiger partial charge in [-0.1, -0.05) is 18.2 Å². The number of aromatic amines is 1. The van der Waals surface area contributed by atoms with Gasteiger partial charge in [0.25, 0.3) is 5.92 Å². The Hall–Kier alpha value is -2.34. The third-order valence-corrected chi connectivity index (χ3v) is 5.64. The van der Waals surface area contributed by atoms with Crippen molar-refractivity contribution in [3.8, 4) is 0 Å². The van der Waals surface area contributed by atoms with Crippen LogP contribution >= 0.6 is 0 Å². The van der Waals surface area contributed by atoms with Crippen LogP contribution in [0.3, 0.4) is 0 Å². The van der Waals surface area contributed by atoms with Crippen molar-refractivity contribution in [2.24, 2.45) is 5.92 Å².